The van der Waals surface area contributed by atoms with Crippen LogP contribution in [0.2, 0.25) is 0 Å². The number of imide groups is 2. The number of nitrogens with one attached hydrogen (secondary N) is 1. The van der Waals surface area contributed by atoms with E-state index in [2.05, 4.69) is 26.2 Å². The van der Waals surface area contributed by atoms with Gasteiger partial charge in [0.25, 0.3) is 11.6 Å². The van der Waals surface area contributed by atoms with Crippen LogP contribution in [0, 0.1) is 16.0 Å². The molecule has 9 nitrogen and oxygen atoms in total. The fraction of sp³-hybridized carbons (Fsp3) is 0.0588. The monoisotopic (exact) mass is 430 g/mol. The SMILES string of the molecule is O=C1NC(=O)N(c2ccc(Br)cc2)C(=O)[C@H]1C=Nc1cccc([N+](=O)[O-])c1. The molecule has 1 aliphatic rings. The Hall–Kier alpha value is -3.40. The maximum absolute atomic E-state index is 12.7. The van der Waals surface area contributed by atoms with E-state index in [0.717, 1.165) is 15.6 Å². The van der Waals surface area contributed by atoms with Crippen LogP contribution >= 0.6 is 15.9 Å². The fourth-order valence-corrected chi connectivity index (χ4v) is 2.67. The topological polar surface area (TPSA) is 122 Å². The number of non-ortho nitro benzene ring substituents is 1. The Morgan fingerprint density at radius 3 is 2.52 bits per heavy atom. The molecule has 1 saturated heterocycles. The van der Waals surface area contributed by atoms with Gasteiger partial charge in [0.1, 0.15) is 0 Å². The number of nitro groups is 1. The van der Waals surface area contributed by atoms with Gasteiger partial charge in [0, 0.05) is 22.8 Å². The normalized spacial score (nSPS) is 17.3. The molecule has 4 amide bonds. The van der Waals surface area contributed by atoms with Gasteiger partial charge in [-0.05, 0) is 30.3 Å². The summed E-state index contributed by atoms with van der Waals surface area (Å²) in [5.41, 5.74) is 0.328. The van der Waals surface area contributed by atoms with E-state index in [1.807, 2.05) is 0 Å². The zero-order valence-corrected chi connectivity index (χ0v) is 15.1. The molecule has 1 atom stereocenters. The zero-order chi connectivity index (χ0) is 19.6. The number of halogens is 1. The van der Waals surface area contributed by atoms with E-state index in [0.29, 0.717) is 5.69 Å². The molecule has 1 N–H and O–H groups in total. The molecule has 3 rings (SSSR count). The number of aliphatic imine (C=N–C) groups is 1. The van der Waals surface area contributed by atoms with Gasteiger partial charge in [0.15, 0.2) is 5.92 Å². The fourth-order valence-electron chi connectivity index (χ4n) is 2.40. The molecule has 0 unspecified atom stereocenters. The van der Waals surface area contributed by atoms with E-state index in [4.69, 9.17) is 0 Å². The van der Waals surface area contributed by atoms with E-state index in [-0.39, 0.29) is 11.4 Å². The third-order valence-electron chi connectivity index (χ3n) is 3.70. The molecular weight excluding hydrogens is 420 g/mol. The van der Waals surface area contributed by atoms with Crippen LogP contribution in [-0.4, -0.2) is 29.0 Å². The number of amides is 4. The summed E-state index contributed by atoms with van der Waals surface area (Å²) in [5, 5.41) is 12.9. The van der Waals surface area contributed by atoms with E-state index >= 15 is 0 Å². The first-order chi connectivity index (χ1) is 12.9. The molecule has 10 heteroatoms. The quantitative estimate of drug-likeness (QED) is 0.345. The molecule has 2 aromatic carbocycles. The highest BCUT2D eigenvalue weighted by Gasteiger charge is 2.40. The van der Waals surface area contributed by atoms with Crippen LogP contribution in [0.3, 0.4) is 0 Å². The summed E-state index contributed by atoms with van der Waals surface area (Å²) < 4.78 is 0.760. The lowest BCUT2D eigenvalue weighted by atomic mass is 10.1. The van der Waals surface area contributed by atoms with Crippen molar-refractivity contribution in [3.05, 3.63) is 63.1 Å². The summed E-state index contributed by atoms with van der Waals surface area (Å²) in [6.07, 6.45) is 1.06. The predicted octanol–water partition coefficient (Wildman–Crippen LogP) is 2.96. The van der Waals surface area contributed by atoms with Gasteiger partial charge in [-0.3, -0.25) is 30.0 Å². The summed E-state index contributed by atoms with van der Waals surface area (Å²) in [7, 11) is 0. The molecule has 1 fully saturated rings. The van der Waals surface area contributed by atoms with E-state index < -0.39 is 28.7 Å². The summed E-state index contributed by atoms with van der Waals surface area (Å²) in [6.45, 7) is 0. The number of carbonyl (C=O) groups excluding carboxylic acids is 3. The predicted molar refractivity (Wildman–Crippen MR) is 99.9 cm³/mol. The lowest BCUT2D eigenvalue weighted by Gasteiger charge is -2.28. The number of rotatable bonds is 4. The molecular formula is C17H11BrN4O5. The second-order valence-electron chi connectivity index (χ2n) is 5.48. The van der Waals surface area contributed by atoms with E-state index in [1.165, 1.54) is 24.3 Å². The first-order valence-electron chi connectivity index (χ1n) is 7.60. The average Bonchev–Trinajstić information content (AvgIpc) is 2.63. The Morgan fingerprint density at radius 1 is 1.15 bits per heavy atom. The van der Waals surface area contributed by atoms with Crippen molar-refractivity contribution in [3.8, 4) is 0 Å². The molecule has 1 heterocycles. The third-order valence-corrected chi connectivity index (χ3v) is 4.23. The van der Waals surface area contributed by atoms with Crippen molar-refractivity contribution < 1.29 is 19.3 Å². The first kappa shape index (κ1) is 18.4. The Balaban J connectivity index is 1.88. The zero-order valence-electron chi connectivity index (χ0n) is 13.5. The van der Waals surface area contributed by atoms with Crippen molar-refractivity contribution >= 4 is 57.1 Å². The second-order valence-corrected chi connectivity index (χ2v) is 6.39. The maximum atomic E-state index is 12.7. The van der Waals surface area contributed by atoms with Gasteiger partial charge in [-0.1, -0.05) is 22.0 Å². The third kappa shape index (κ3) is 3.90. The van der Waals surface area contributed by atoms with Gasteiger partial charge in [0.05, 0.1) is 16.3 Å². The standard InChI is InChI=1S/C17H11BrN4O5/c18-10-4-6-12(7-5-10)21-16(24)14(15(23)20-17(21)25)9-19-11-2-1-3-13(8-11)22(26)27/h1-9,14H,(H,20,23,25)/t14-/m0/s1. The van der Waals surface area contributed by atoms with Crippen LogP contribution in [-0.2, 0) is 9.59 Å². The molecule has 27 heavy (non-hydrogen) atoms. The van der Waals surface area contributed by atoms with Crippen molar-refractivity contribution in [1.82, 2.24) is 5.32 Å². The Kier molecular flexibility index (Phi) is 5.08. The highest BCUT2D eigenvalue weighted by atomic mass is 79.9. The highest BCUT2D eigenvalue weighted by Crippen LogP contribution is 2.24. The summed E-state index contributed by atoms with van der Waals surface area (Å²) in [4.78, 5) is 51.9. The molecule has 2 aromatic rings. The number of urea groups is 1. The number of hydrogen-bond acceptors (Lipinski definition) is 6. The number of carbonyl (C=O) groups is 3. The number of nitro benzene ring substituents is 1. The van der Waals surface area contributed by atoms with Gasteiger partial charge in [-0.25, -0.2) is 9.69 Å². The molecule has 0 saturated carbocycles. The lowest BCUT2D eigenvalue weighted by molar-refractivity contribution is -0.384. The molecule has 0 radical (unpaired) electrons. The Morgan fingerprint density at radius 2 is 1.85 bits per heavy atom. The van der Waals surface area contributed by atoms with Crippen molar-refractivity contribution in [2.45, 2.75) is 0 Å². The number of barbiturate groups is 1. The van der Waals surface area contributed by atoms with Gasteiger partial charge in [-0.2, -0.15) is 0 Å². The number of nitrogens with zero attached hydrogens (tertiary/aromatic N) is 3. The summed E-state index contributed by atoms with van der Waals surface area (Å²) in [6, 6.07) is 11.0. The minimum Gasteiger partial charge on any atom is -0.276 e. The molecule has 0 aliphatic carbocycles. The van der Waals surface area contributed by atoms with Crippen molar-refractivity contribution in [3.63, 3.8) is 0 Å². The van der Waals surface area contributed by atoms with Crippen LogP contribution in [0.1, 0.15) is 0 Å². The van der Waals surface area contributed by atoms with Crippen LogP contribution in [0.4, 0.5) is 21.9 Å². The highest BCUT2D eigenvalue weighted by molar-refractivity contribution is 9.10. The van der Waals surface area contributed by atoms with Crippen LogP contribution in [0.5, 0.6) is 0 Å². The molecule has 136 valence electrons. The van der Waals surface area contributed by atoms with Gasteiger partial charge in [-0.15, -0.1) is 0 Å². The van der Waals surface area contributed by atoms with Crippen molar-refractivity contribution in [2.75, 3.05) is 4.90 Å². The van der Waals surface area contributed by atoms with Crippen molar-refractivity contribution in [1.29, 1.82) is 0 Å². The van der Waals surface area contributed by atoms with E-state index in [1.54, 1.807) is 24.3 Å². The van der Waals surface area contributed by atoms with Crippen molar-refractivity contribution in [2.24, 2.45) is 10.9 Å². The maximum Gasteiger partial charge on any atom is 0.335 e. The van der Waals surface area contributed by atoms with Crippen LogP contribution in [0.25, 0.3) is 0 Å². The summed E-state index contributed by atoms with van der Waals surface area (Å²) in [5.74, 6) is -2.92. The number of benzene rings is 2. The van der Waals surface area contributed by atoms with Gasteiger partial charge >= 0.3 is 6.03 Å². The van der Waals surface area contributed by atoms with Crippen LogP contribution in [0.15, 0.2) is 58.0 Å². The molecule has 1 aliphatic heterocycles. The first-order valence-corrected chi connectivity index (χ1v) is 8.39. The largest absolute Gasteiger partial charge is 0.335 e. The Labute approximate surface area is 161 Å². The summed E-state index contributed by atoms with van der Waals surface area (Å²) >= 11 is 3.26. The second kappa shape index (κ2) is 7.46. The molecule has 0 spiro atoms. The minimum absolute atomic E-state index is 0.171. The smallest absolute Gasteiger partial charge is 0.276 e. The van der Waals surface area contributed by atoms with Crippen LogP contribution < -0.4 is 10.2 Å². The number of hydrogen-bond donors (Lipinski definition) is 1. The Bertz CT molecular complexity index is 974. The van der Waals surface area contributed by atoms with Gasteiger partial charge < -0.3 is 0 Å². The molecule has 0 bridgehead atoms. The van der Waals surface area contributed by atoms with E-state index in [9.17, 15) is 24.5 Å². The lowest BCUT2D eigenvalue weighted by Crippen LogP contribution is -2.58. The molecule has 0 aromatic heterocycles. The minimum atomic E-state index is -1.34. The van der Waals surface area contributed by atoms with Gasteiger partial charge in [0.2, 0.25) is 5.91 Å². The average molecular weight is 431 g/mol. The number of anilines is 1.